The monoisotopic (exact) mass is 440 g/mol. The average molecular weight is 441 g/mol. The molecule has 2 aromatic carbocycles. The van der Waals surface area contributed by atoms with E-state index in [9.17, 15) is 14.0 Å². The first-order valence-electron chi connectivity index (χ1n) is 9.66. The van der Waals surface area contributed by atoms with Crippen LogP contribution < -0.4 is 10.2 Å². The van der Waals surface area contributed by atoms with Gasteiger partial charge in [0.25, 0.3) is 5.91 Å². The maximum absolute atomic E-state index is 13.1. The van der Waals surface area contributed by atoms with E-state index in [4.69, 9.17) is 20.8 Å². The molecule has 1 aliphatic carbocycles. The fourth-order valence-electron chi connectivity index (χ4n) is 3.45. The molecule has 1 N–H and O–H groups in total. The van der Waals surface area contributed by atoms with Crippen molar-refractivity contribution in [2.75, 3.05) is 0 Å². The van der Waals surface area contributed by atoms with Gasteiger partial charge in [-0.05, 0) is 56.2 Å². The lowest BCUT2D eigenvalue weighted by Crippen LogP contribution is -2.22. The first-order chi connectivity index (χ1) is 14.9. The minimum atomic E-state index is -0.682. The number of benzene rings is 2. The van der Waals surface area contributed by atoms with Crippen LogP contribution in [0, 0.1) is 12.7 Å². The number of amides is 1. The van der Waals surface area contributed by atoms with Gasteiger partial charge in [0, 0.05) is 17.5 Å². The third-order valence-corrected chi connectivity index (χ3v) is 5.28. The van der Waals surface area contributed by atoms with Gasteiger partial charge < -0.3 is 9.15 Å². The fourth-order valence-corrected chi connectivity index (χ4v) is 3.68. The molecule has 6 nitrogen and oxygen atoms in total. The summed E-state index contributed by atoms with van der Waals surface area (Å²) >= 11 is 6.06. The summed E-state index contributed by atoms with van der Waals surface area (Å²) in [6.07, 6.45) is 2.01. The lowest BCUT2D eigenvalue weighted by atomic mass is 9.93. The van der Waals surface area contributed by atoms with E-state index in [2.05, 4.69) is 10.5 Å². The minimum absolute atomic E-state index is 0.0568. The van der Waals surface area contributed by atoms with Crippen LogP contribution >= 0.6 is 11.6 Å². The molecule has 0 aliphatic heterocycles. The van der Waals surface area contributed by atoms with Crippen LogP contribution in [0.15, 0.2) is 58.0 Å². The van der Waals surface area contributed by atoms with E-state index in [1.165, 1.54) is 24.3 Å². The topological polar surface area (TPSA) is 80.9 Å². The lowest BCUT2D eigenvalue weighted by Gasteiger charge is -2.13. The normalized spacial score (nSPS) is 14.2. The van der Waals surface area contributed by atoms with Gasteiger partial charge in [0.2, 0.25) is 5.76 Å². The van der Waals surface area contributed by atoms with Crippen LogP contribution in [0.4, 0.5) is 4.39 Å². The molecule has 3 aromatic rings. The Bertz CT molecular complexity index is 1180. The molecule has 0 fully saturated rings. The van der Waals surface area contributed by atoms with E-state index in [0.717, 1.165) is 6.42 Å². The van der Waals surface area contributed by atoms with Crippen LogP contribution in [-0.4, -0.2) is 17.6 Å². The van der Waals surface area contributed by atoms with Crippen molar-refractivity contribution in [1.82, 2.24) is 5.43 Å². The van der Waals surface area contributed by atoms with Crippen molar-refractivity contribution in [3.63, 3.8) is 0 Å². The summed E-state index contributed by atoms with van der Waals surface area (Å²) in [5, 5.41) is 4.60. The van der Waals surface area contributed by atoms with Crippen LogP contribution in [0.1, 0.15) is 50.6 Å². The Kier molecular flexibility index (Phi) is 5.86. The Morgan fingerprint density at radius 1 is 1.13 bits per heavy atom. The maximum Gasteiger partial charge on any atom is 0.379 e. The van der Waals surface area contributed by atoms with Crippen molar-refractivity contribution in [1.29, 1.82) is 0 Å². The van der Waals surface area contributed by atoms with Crippen molar-refractivity contribution < 1.29 is 23.1 Å². The number of nitrogens with zero attached hydrogens (tertiary/aromatic N) is 1. The molecule has 0 spiro atoms. The maximum atomic E-state index is 13.1. The zero-order valence-electron chi connectivity index (χ0n) is 16.6. The Morgan fingerprint density at radius 2 is 1.87 bits per heavy atom. The number of ether oxygens (including phenoxy) is 1. The summed E-state index contributed by atoms with van der Waals surface area (Å²) in [6, 6.07) is 11.8. The largest absolute Gasteiger partial charge is 0.453 e. The molecule has 158 valence electrons. The fraction of sp³-hybridized carbons (Fsp3) is 0.174. The van der Waals surface area contributed by atoms with Gasteiger partial charge in [-0.2, -0.15) is 5.10 Å². The highest BCUT2D eigenvalue weighted by Crippen LogP contribution is 2.30. The molecule has 1 amide bonds. The molecule has 1 aromatic heterocycles. The smallest absolute Gasteiger partial charge is 0.379 e. The molecule has 0 unspecified atom stereocenters. The molecular formula is C23H18ClFN2O4. The Morgan fingerprint density at radius 3 is 2.61 bits per heavy atom. The van der Waals surface area contributed by atoms with Gasteiger partial charge in [-0.1, -0.05) is 23.7 Å². The van der Waals surface area contributed by atoms with Crippen LogP contribution in [0.5, 0.6) is 5.75 Å². The second kappa shape index (κ2) is 8.73. The van der Waals surface area contributed by atoms with Crippen molar-refractivity contribution >= 4 is 29.2 Å². The van der Waals surface area contributed by atoms with Crippen LogP contribution in [0.2, 0.25) is 5.02 Å². The summed E-state index contributed by atoms with van der Waals surface area (Å²) in [5.74, 6) is -0.660. The van der Waals surface area contributed by atoms with E-state index >= 15 is 0 Å². The van der Waals surface area contributed by atoms with Gasteiger partial charge in [0.05, 0.1) is 16.3 Å². The molecule has 8 heteroatoms. The highest BCUT2D eigenvalue weighted by Gasteiger charge is 2.29. The summed E-state index contributed by atoms with van der Waals surface area (Å²) in [4.78, 5) is 25.0. The summed E-state index contributed by atoms with van der Waals surface area (Å²) < 4.78 is 24.1. The van der Waals surface area contributed by atoms with Gasteiger partial charge in [-0.25, -0.2) is 14.6 Å². The predicted octanol–water partition coefficient (Wildman–Crippen LogP) is 5.07. The SMILES string of the molecule is Cc1c(C(=O)Oc2ccc(F)cc2)oc2c1/C(=N/NC(=O)c1ccccc1Cl)CCC2. The lowest BCUT2D eigenvalue weighted by molar-refractivity contribution is 0.0698. The number of carbonyl (C=O) groups is 2. The summed E-state index contributed by atoms with van der Waals surface area (Å²) in [7, 11) is 0. The van der Waals surface area contributed by atoms with E-state index in [1.807, 2.05) is 0 Å². The van der Waals surface area contributed by atoms with Gasteiger partial charge in [0.1, 0.15) is 17.3 Å². The molecule has 1 aliphatic rings. The molecule has 1 heterocycles. The number of esters is 1. The number of aryl methyl sites for hydroxylation is 1. The van der Waals surface area contributed by atoms with Crippen molar-refractivity contribution in [2.24, 2.45) is 5.10 Å². The number of carbonyl (C=O) groups excluding carboxylic acids is 2. The summed E-state index contributed by atoms with van der Waals surface area (Å²) in [5.41, 5.74) is 4.73. The third-order valence-electron chi connectivity index (χ3n) is 4.95. The number of nitrogens with one attached hydrogen (secondary N) is 1. The molecule has 31 heavy (non-hydrogen) atoms. The molecule has 0 atom stereocenters. The van der Waals surface area contributed by atoms with E-state index in [1.54, 1.807) is 31.2 Å². The number of fused-ring (bicyclic) bond motifs is 1. The first-order valence-corrected chi connectivity index (χ1v) is 10.0. The molecule has 0 bridgehead atoms. The van der Waals surface area contributed by atoms with Crippen LogP contribution in [0.25, 0.3) is 0 Å². The Hall–Kier alpha value is -3.45. The van der Waals surface area contributed by atoms with Gasteiger partial charge in [-0.15, -0.1) is 0 Å². The van der Waals surface area contributed by atoms with Gasteiger partial charge in [-0.3, -0.25) is 4.79 Å². The summed E-state index contributed by atoms with van der Waals surface area (Å²) in [6.45, 7) is 1.74. The molecule has 0 radical (unpaired) electrons. The number of furan rings is 1. The van der Waals surface area contributed by atoms with Crippen LogP contribution in [-0.2, 0) is 6.42 Å². The highest BCUT2D eigenvalue weighted by molar-refractivity contribution is 6.33. The van der Waals surface area contributed by atoms with Crippen LogP contribution in [0.3, 0.4) is 0 Å². The predicted molar refractivity (Wildman–Crippen MR) is 113 cm³/mol. The van der Waals surface area contributed by atoms with E-state index < -0.39 is 17.7 Å². The number of hydrogen-bond donors (Lipinski definition) is 1. The molecule has 0 saturated heterocycles. The average Bonchev–Trinajstić information content (AvgIpc) is 3.11. The van der Waals surface area contributed by atoms with Gasteiger partial charge >= 0.3 is 5.97 Å². The minimum Gasteiger partial charge on any atom is -0.453 e. The number of hydrogen-bond acceptors (Lipinski definition) is 5. The molecular weight excluding hydrogens is 423 g/mol. The number of rotatable bonds is 4. The van der Waals surface area contributed by atoms with Crippen molar-refractivity contribution in [3.8, 4) is 5.75 Å². The Balaban J connectivity index is 1.57. The molecule has 4 rings (SSSR count). The second-order valence-electron chi connectivity index (χ2n) is 7.03. The number of hydrazone groups is 1. The number of halogens is 2. The Labute approximate surface area is 182 Å². The standard InChI is InChI=1S/C23H18ClFN2O4/c1-13-20-18(26-27-22(28)16-5-2-3-6-17(16)24)7-4-8-19(20)31-21(13)23(29)30-15-11-9-14(25)10-12-15/h2-3,5-6,9-12H,4,7-8H2,1H3,(H,27,28)/b26-18+. The zero-order chi connectivity index (χ0) is 22.0. The third kappa shape index (κ3) is 4.36. The molecule has 0 saturated carbocycles. The van der Waals surface area contributed by atoms with Gasteiger partial charge in [0.15, 0.2) is 0 Å². The quantitative estimate of drug-likeness (QED) is 0.349. The second-order valence-corrected chi connectivity index (χ2v) is 7.44. The first kappa shape index (κ1) is 20.8. The van der Waals surface area contributed by atoms with Crippen molar-refractivity contribution in [2.45, 2.75) is 26.2 Å². The zero-order valence-corrected chi connectivity index (χ0v) is 17.3. The van der Waals surface area contributed by atoms with E-state index in [0.29, 0.717) is 46.0 Å². The van der Waals surface area contributed by atoms with E-state index in [-0.39, 0.29) is 11.5 Å². The highest BCUT2D eigenvalue weighted by atomic mass is 35.5. The van der Waals surface area contributed by atoms with Crippen molar-refractivity contribution in [3.05, 3.63) is 87.6 Å².